The molecule has 1 aromatic rings. The van der Waals surface area contributed by atoms with Crippen LogP contribution in [0.1, 0.15) is 94.7 Å². The number of allylic oxidation sites excluding steroid dienone is 2. The van der Waals surface area contributed by atoms with Gasteiger partial charge in [0.15, 0.2) is 0 Å². The molecule has 4 rings (SSSR count). The molecule has 28 heavy (non-hydrogen) atoms. The van der Waals surface area contributed by atoms with Gasteiger partial charge in [-0.2, -0.15) is 0 Å². The lowest BCUT2D eigenvalue weighted by atomic mass is 9.61. The minimum atomic E-state index is 0.885. The average Bonchev–Trinajstić information content (AvgIpc) is 2.73. The van der Waals surface area contributed by atoms with Gasteiger partial charge in [0.1, 0.15) is 0 Å². The van der Waals surface area contributed by atoms with E-state index in [0.717, 1.165) is 29.6 Å². The summed E-state index contributed by atoms with van der Waals surface area (Å²) < 4.78 is 0. The second-order valence-corrected chi connectivity index (χ2v) is 10.3. The van der Waals surface area contributed by atoms with Crippen LogP contribution in [0.5, 0.6) is 0 Å². The van der Waals surface area contributed by atoms with Gasteiger partial charge < -0.3 is 0 Å². The number of aryl methyl sites for hydroxylation is 2. The van der Waals surface area contributed by atoms with E-state index in [0.29, 0.717) is 0 Å². The van der Waals surface area contributed by atoms with E-state index in [1.807, 2.05) is 0 Å². The van der Waals surface area contributed by atoms with Crippen LogP contribution in [0.4, 0.5) is 0 Å². The largest absolute Gasteiger partial charge is 0.0914 e. The van der Waals surface area contributed by atoms with Gasteiger partial charge in [0, 0.05) is 0 Å². The van der Waals surface area contributed by atoms with Crippen molar-refractivity contribution in [3.05, 3.63) is 47.0 Å². The Kier molecular flexibility index (Phi) is 6.97. The molecule has 0 aliphatic heterocycles. The van der Waals surface area contributed by atoms with Crippen molar-refractivity contribution >= 4 is 0 Å². The molecule has 0 heterocycles. The molecule has 0 spiro atoms. The number of rotatable bonds is 6. The van der Waals surface area contributed by atoms with E-state index in [2.05, 4.69) is 44.2 Å². The third-order valence-corrected chi connectivity index (χ3v) is 8.43. The number of hydrogen-bond acceptors (Lipinski definition) is 0. The maximum atomic E-state index is 2.56. The SMILES string of the molecule is C/C=C/C1CCC2CC(C3CCc4cc(CCCCC)ccc4C3)CCC2C1. The lowest BCUT2D eigenvalue weighted by molar-refractivity contribution is 0.0810. The van der Waals surface area contributed by atoms with Crippen molar-refractivity contribution in [3.63, 3.8) is 0 Å². The molecular weight excluding hydrogens is 336 g/mol. The molecule has 0 N–H and O–H groups in total. The Balaban J connectivity index is 1.32. The van der Waals surface area contributed by atoms with Crippen LogP contribution in [0.15, 0.2) is 30.4 Å². The molecule has 3 aliphatic carbocycles. The highest BCUT2D eigenvalue weighted by atomic mass is 14.4. The fraction of sp³-hybridized carbons (Fsp3) is 0.714. The maximum absolute atomic E-state index is 2.56. The summed E-state index contributed by atoms with van der Waals surface area (Å²) in [5, 5.41) is 0. The zero-order valence-electron chi connectivity index (χ0n) is 18.5. The molecule has 0 saturated heterocycles. The third-order valence-electron chi connectivity index (χ3n) is 8.43. The average molecular weight is 379 g/mol. The molecule has 0 bridgehead atoms. The zero-order valence-corrected chi connectivity index (χ0v) is 18.5. The summed E-state index contributed by atoms with van der Waals surface area (Å²) in [7, 11) is 0. The number of unbranched alkanes of at least 4 members (excludes halogenated alkanes) is 2. The summed E-state index contributed by atoms with van der Waals surface area (Å²) in [5.41, 5.74) is 4.96. The van der Waals surface area contributed by atoms with Gasteiger partial charge in [-0.25, -0.2) is 0 Å². The summed E-state index contributed by atoms with van der Waals surface area (Å²) >= 11 is 0. The fourth-order valence-electron chi connectivity index (χ4n) is 6.81. The summed E-state index contributed by atoms with van der Waals surface area (Å²) in [6.45, 7) is 4.49. The Morgan fingerprint density at radius 1 is 0.857 bits per heavy atom. The Bertz CT molecular complexity index is 654. The Labute approximate surface area is 174 Å². The minimum absolute atomic E-state index is 0.885. The highest BCUT2D eigenvalue weighted by molar-refractivity contribution is 5.34. The molecule has 0 radical (unpaired) electrons. The molecule has 5 atom stereocenters. The second-order valence-electron chi connectivity index (χ2n) is 10.3. The van der Waals surface area contributed by atoms with Crippen molar-refractivity contribution in [1.82, 2.24) is 0 Å². The monoisotopic (exact) mass is 378 g/mol. The van der Waals surface area contributed by atoms with Crippen LogP contribution in [-0.4, -0.2) is 0 Å². The third kappa shape index (κ3) is 4.74. The Morgan fingerprint density at radius 3 is 2.46 bits per heavy atom. The van der Waals surface area contributed by atoms with Crippen molar-refractivity contribution in [2.45, 2.75) is 97.3 Å². The quantitative estimate of drug-likeness (QED) is 0.348. The predicted molar refractivity (Wildman–Crippen MR) is 122 cm³/mol. The predicted octanol–water partition coefficient (Wildman–Crippen LogP) is 7.93. The van der Waals surface area contributed by atoms with Gasteiger partial charge in [-0.1, -0.05) is 50.1 Å². The van der Waals surface area contributed by atoms with Crippen LogP contribution in [0.3, 0.4) is 0 Å². The van der Waals surface area contributed by atoms with Gasteiger partial charge in [-0.15, -0.1) is 0 Å². The van der Waals surface area contributed by atoms with Gasteiger partial charge in [0.05, 0.1) is 0 Å². The first-order valence-electron chi connectivity index (χ1n) is 12.5. The summed E-state index contributed by atoms with van der Waals surface area (Å²) in [6.07, 6.45) is 23.3. The molecule has 154 valence electrons. The Hall–Kier alpha value is -1.04. The molecule has 3 aliphatic rings. The van der Waals surface area contributed by atoms with Crippen molar-refractivity contribution < 1.29 is 0 Å². The van der Waals surface area contributed by atoms with E-state index in [9.17, 15) is 0 Å². The number of fused-ring (bicyclic) bond motifs is 2. The van der Waals surface area contributed by atoms with Gasteiger partial charge in [-0.05, 0) is 124 Å². The first-order valence-corrected chi connectivity index (χ1v) is 12.5. The highest BCUT2D eigenvalue weighted by Gasteiger charge is 2.38. The topological polar surface area (TPSA) is 0 Å². The van der Waals surface area contributed by atoms with Crippen LogP contribution in [0, 0.1) is 29.6 Å². The number of hydrogen-bond donors (Lipinski definition) is 0. The number of benzene rings is 1. The van der Waals surface area contributed by atoms with E-state index in [1.54, 1.807) is 23.1 Å². The van der Waals surface area contributed by atoms with Gasteiger partial charge in [-0.3, -0.25) is 0 Å². The standard InChI is InChI=1S/C28H42/c1-3-5-6-8-22-10-12-26-20-28(16-14-24(26)18-22)27-15-13-23-17-21(7-4-2)9-11-25(23)19-27/h4,7,10,12,18,21,23,25,27-28H,3,5-6,8-9,11,13-17,19-20H2,1-2H3/b7-4+. The first-order chi connectivity index (χ1) is 13.8. The second kappa shape index (κ2) is 9.64. The molecule has 0 aromatic heterocycles. The summed E-state index contributed by atoms with van der Waals surface area (Å²) in [4.78, 5) is 0. The van der Waals surface area contributed by atoms with Crippen molar-refractivity contribution in [1.29, 1.82) is 0 Å². The Morgan fingerprint density at radius 2 is 1.64 bits per heavy atom. The molecule has 2 saturated carbocycles. The van der Waals surface area contributed by atoms with E-state index in [4.69, 9.17) is 0 Å². The lowest BCUT2D eigenvalue weighted by Crippen LogP contribution is -2.34. The van der Waals surface area contributed by atoms with Crippen LogP contribution >= 0.6 is 0 Å². The van der Waals surface area contributed by atoms with Gasteiger partial charge >= 0.3 is 0 Å². The van der Waals surface area contributed by atoms with Crippen LogP contribution in [0.2, 0.25) is 0 Å². The molecule has 1 aromatic carbocycles. The van der Waals surface area contributed by atoms with Crippen molar-refractivity contribution in [3.8, 4) is 0 Å². The molecule has 2 fully saturated rings. The van der Waals surface area contributed by atoms with Crippen molar-refractivity contribution in [2.24, 2.45) is 29.6 Å². The van der Waals surface area contributed by atoms with Gasteiger partial charge in [0.2, 0.25) is 0 Å². The minimum Gasteiger partial charge on any atom is -0.0914 e. The van der Waals surface area contributed by atoms with E-state index in [-0.39, 0.29) is 0 Å². The van der Waals surface area contributed by atoms with Crippen LogP contribution in [-0.2, 0) is 19.3 Å². The highest BCUT2D eigenvalue weighted by Crippen LogP contribution is 2.48. The van der Waals surface area contributed by atoms with Crippen molar-refractivity contribution in [2.75, 3.05) is 0 Å². The van der Waals surface area contributed by atoms with E-state index < -0.39 is 0 Å². The molecule has 0 nitrogen and oxygen atoms in total. The summed E-state index contributed by atoms with van der Waals surface area (Å²) in [6, 6.07) is 7.49. The zero-order chi connectivity index (χ0) is 19.3. The summed E-state index contributed by atoms with van der Waals surface area (Å²) in [5.74, 6) is 4.94. The van der Waals surface area contributed by atoms with Gasteiger partial charge in [0.25, 0.3) is 0 Å². The van der Waals surface area contributed by atoms with Crippen LogP contribution in [0.25, 0.3) is 0 Å². The molecular formula is C28H42. The normalized spacial score (nSPS) is 32.9. The lowest BCUT2D eigenvalue weighted by Gasteiger charge is -2.44. The smallest absolute Gasteiger partial charge is 0.0231 e. The first kappa shape index (κ1) is 20.2. The van der Waals surface area contributed by atoms with E-state index >= 15 is 0 Å². The molecule has 0 amide bonds. The van der Waals surface area contributed by atoms with E-state index in [1.165, 1.54) is 77.0 Å². The van der Waals surface area contributed by atoms with Crippen LogP contribution < -0.4 is 0 Å². The molecule has 0 heteroatoms. The molecule has 5 unspecified atom stereocenters. The maximum Gasteiger partial charge on any atom is -0.0231 e. The fourth-order valence-corrected chi connectivity index (χ4v) is 6.81.